The number of piperidine rings is 1. The van der Waals surface area contributed by atoms with Crippen LogP contribution in [0.15, 0.2) is 22.7 Å². The Morgan fingerprint density at radius 2 is 2.00 bits per heavy atom. The van der Waals surface area contributed by atoms with Gasteiger partial charge in [0.15, 0.2) is 0 Å². The van der Waals surface area contributed by atoms with Gasteiger partial charge in [-0.1, -0.05) is 0 Å². The lowest BCUT2D eigenvalue weighted by Gasteiger charge is -2.23. The van der Waals surface area contributed by atoms with E-state index in [1.807, 2.05) is 0 Å². The maximum Gasteiger partial charge on any atom is 0.271 e. The summed E-state index contributed by atoms with van der Waals surface area (Å²) < 4.78 is 27.4. The number of nitro benzene ring substituents is 1. The number of anilines is 1. The largest absolute Gasteiger partial charge is 0.317 e. The number of non-ortho nitro benzene ring substituents is 1. The molecule has 0 atom stereocenters. The van der Waals surface area contributed by atoms with Crippen molar-refractivity contribution in [2.75, 3.05) is 17.8 Å². The van der Waals surface area contributed by atoms with E-state index >= 15 is 0 Å². The van der Waals surface area contributed by atoms with Crippen LogP contribution in [0.1, 0.15) is 12.8 Å². The van der Waals surface area contributed by atoms with Crippen molar-refractivity contribution in [2.24, 2.45) is 0 Å². The molecule has 9 heteroatoms. The van der Waals surface area contributed by atoms with Crippen molar-refractivity contribution in [3.8, 4) is 0 Å². The van der Waals surface area contributed by atoms with Crippen LogP contribution >= 0.6 is 15.9 Å². The van der Waals surface area contributed by atoms with Gasteiger partial charge in [0, 0.05) is 16.6 Å². The summed E-state index contributed by atoms with van der Waals surface area (Å²) in [5, 5.41) is 13.4. The van der Waals surface area contributed by atoms with Gasteiger partial charge in [-0.15, -0.1) is 0 Å². The molecule has 0 radical (unpaired) electrons. The van der Waals surface area contributed by atoms with Gasteiger partial charge < -0.3 is 5.32 Å². The molecule has 2 N–H and O–H groups in total. The molecule has 0 spiro atoms. The second-order valence-electron chi connectivity index (χ2n) is 4.52. The van der Waals surface area contributed by atoms with E-state index in [1.165, 1.54) is 18.2 Å². The predicted octanol–water partition coefficient (Wildman–Crippen LogP) is 1.85. The second kappa shape index (κ2) is 6.06. The normalized spacial score (nSPS) is 16.9. The molecule has 110 valence electrons. The summed E-state index contributed by atoms with van der Waals surface area (Å²) in [5.41, 5.74) is 0.0361. The summed E-state index contributed by atoms with van der Waals surface area (Å²) in [5.74, 6) is 0. The minimum Gasteiger partial charge on any atom is -0.317 e. The Morgan fingerprint density at radius 3 is 2.60 bits per heavy atom. The van der Waals surface area contributed by atoms with Gasteiger partial charge in [0.25, 0.3) is 5.69 Å². The number of nitrogens with zero attached hydrogens (tertiary/aromatic N) is 1. The van der Waals surface area contributed by atoms with E-state index in [0.717, 1.165) is 0 Å². The maximum atomic E-state index is 12.3. The molecule has 0 amide bonds. The minimum atomic E-state index is -3.54. The van der Waals surface area contributed by atoms with Crippen molar-refractivity contribution in [3.63, 3.8) is 0 Å². The molecule has 0 aromatic heterocycles. The van der Waals surface area contributed by atoms with E-state index in [1.54, 1.807) is 0 Å². The molecule has 1 aromatic rings. The van der Waals surface area contributed by atoms with Crippen LogP contribution in [0, 0.1) is 10.1 Å². The first kappa shape index (κ1) is 15.2. The summed E-state index contributed by atoms with van der Waals surface area (Å²) in [4.78, 5) is 10.2. The average Bonchev–Trinajstić information content (AvgIpc) is 2.42. The lowest BCUT2D eigenvalue weighted by molar-refractivity contribution is -0.384. The molecular weight excluding hydrogens is 350 g/mol. The Bertz CT molecular complexity index is 614. The van der Waals surface area contributed by atoms with Crippen molar-refractivity contribution >= 4 is 37.3 Å². The zero-order valence-electron chi connectivity index (χ0n) is 10.5. The van der Waals surface area contributed by atoms with Gasteiger partial charge >= 0.3 is 0 Å². The number of rotatable bonds is 4. The molecule has 1 saturated heterocycles. The van der Waals surface area contributed by atoms with E-state index in [4.69, 9.17) is 0 Å². The molecule has 7 nitrogen and oxygen atoms in total. The quantitative estimate of drug-likeness (QED) is 0.627. The van der Waals surface area contributed by atoms with E-state index < -0.39 is 20.2 Å². The third-order valence-corrected chi connectivity index (χ3v) is 5.68. The zero-order chi connectivity index (χ0) is 14.8. The number of nitro groups is 1. The fourth-order valence-electron chi connectivity index (χ4n) is 2.05. The maximum absolute atomic E-state index is 12.3. The number of hydrogen-bond donors (Lipinski definition) is 2. The van der Waals surface area contributed by atoms with Gasteiger partial charge in [-0.3, -0.25) is 14.8 Å². The number of nitrogens with one attached hydrogen (secondary N) is 2. The first-order chi connectivity index (χ1) is 9.40. The number of benzene rings is 1. The van der Waals surface area contributed by atoms with Crippen LogP contribution in [0.2, 0.25) is 0 Å². The third-order valence-electron chi connectivity index (χ3n) is 3.14. The number of sulfonamides is 1. The minimum absolute atomic E-state index is 0.156. The molecule has 2 rings (SSSR count). The highest BCUT2D eigenvalue weighted by Crippen LogP contribution is 2.29. The summed E-state index contributed by atoms with van der Waals surface area (Å²) in [6, 6.07) is 3.98. The lowest BCUT2D eigenvalue weighted by Crippen LogP contribution is -2.38. The van der Waals surface area contributed by atoms with Gasteiger partial charge in [-0.25, -0.2) is 8.42 Å². The van der Waals surface area contributed by atoms with Crippen molar-refractivity contribution in [1.82, 2.24) is 5.32 Å². The Labute approximate surface area is 125 Å². The molecule has 1 fully saturated rings. The average molecular weight is 364 g/mol. The van der Waals surface area contributed by atoms with Crippen molar-refractivity contribution in [1.29, 1.82) is 0 Å². The summed E-state index contributed by atoms with van der Waals surface area (Å²) in [6.07, 6.45) is 1.06. The highest BCUT2D eigenvalue weighted by molar-refractivity contribution is 9.10. The first-order valence-corrected chi connectivity index (χ1v) is 8.40. The molecule has 0 aliphatic carbocycles. The molecule has 1 aliphatic rings. The fraction of sp³-hybridized carbons (Fsp3) is 0.455. The van der Waals surface area contributed by atoms with Crippen LogP contribution in [-0.4, -0.2) is 31.7 Å². The van der Waals surface area contributed by atoms with Crippen LogP contribution in [0.5, 0.6) is 0 Å². The zero-order valence-corrected chi connectivity index (χ0v) is 12.9. The molecule has 0 saturated carbocycles. The van der Waals surface area contributed by atoms with Crippen LogP contribution in [0.3, 0.4) is 0 Å². The molecule has 1 aromatic carbocycles. The van der Waals surface area contributed by atoms with Gasteiger partial charge in [-0.05, 0) is 47.9 Å². The molecule has 20 heavy (non-hydrogen) atoms. The summed E-state index contributed by atoms with van der Waals surface area (Å²) in [6.45, 7) is 1.31. The summed E-state index contributed by atoms with van der Waals surface area (Å²) >= 11 is 3.19. The SMILES string of the molecule is O=[N+]([O-])c1ccc(Br)c(NS(=O)(=O)C2CCNCC2)c1. The highest BCUT2D eigenvalue weighted by Gasteiger charge is 2.28. The lowest BCUT2D eigenvalue weighted by atomic mass is 10.2. The summed E-state index contributed by atoms with van der Waals surface area (Å²) in [7, 11) is -3.54. The van der Waals surface area contributed by atoms with E-state index in [0.29, 0.717) is 30.4 Å². The van der Waals surface area contributed by atoms with Crippen molar-refractivity contribution in [2.45, 2.75) is 18.1 Å². The van der Waals surface area contributed by atoms with Gasteiger partial charge in [-0.2, -0.15) is 0 Å². The molecular formula is C11H14BrN3O4S. The van der Waals surface area contributed by atoms with Crippen LogP contribution < -0.4 is 10.0 Å². The molecule has 0 unspecified atom stereocenters. The van der Waals surface area contributed by atoms with Crippen LogP contribution in [0.25, 0.3) is 0 Å². The Hall–Kier alpha value is -1.19. The van der Waals surface area contributed by atoms with E-state index in [-0.39, 0.29) is 11.4 Å². The third kappa shape index (κ3) is 3.47. The first-order valence-electron chi connectivity index (χ1n) is 6.06. The van der Waals surface area contributed by atoms with E-state index in [2.05, 4.69) is 26.0 Å². The predicted molar refractivity (Wildman–Crippen MR) is 79.2 cm³/mol. The Balaban J connectivity index is 2.24. The van der Waals surface area contributed by atoms with E-state index in [9.17, 15) is 18.5 Å². The standard InChI is InChI=1S/C11H14BrN3O4S/c12-10-2-1-8(15(16)17)7-11(10)14-20(18,19)9-3-5-13-6-4-9/h1-2,7,9,13-14H,3-6H2. The fourth-order valence-corrected chi connectivity index (χ4v) is 4.02. The van der Waals surface area contributed by atoms with Crippen LogP contribution in [-0.2, 0) is 10.0 Å². The second-order valence-corrected chi connectivity index (χ2v) is 7.33. The smallest absolute Gasteiger partial charge is 0.271 e. The molecule has 1 aliphatic heterocycles. The Morgan fingerprint density at radius 1 is 1.35 bits per heavy atom. The van der Waals surface area contributed by atoms with Gasteiger partial charge in [0.05, 0.1) is 15.9 Å². The topological polar surface area (TPSA) is 101 Å². The van der Waals surface area contributed by atoms with Gasteiger partial charge in [0.1, 0.15) is 0 Å². The monoisotopic (exact) mass is 363 g/mol. The van der Waals surface area contributed by atoms with Gasteiger partial charge in [0.2, 0.25) is 10.0 Å². The Kier molecular flexibility index (Phi) is 4.61. The van der Waals surface area contributed by atoms with Crippen LogP contribution in [0.4, 0.5) is 11.4 Å². The molecule has 1 heterocycles. The van der Waals surface area contributed by atoms with Crippen molar-refractivity contribution < 1.29 is 13.3 Å². The number of hydrogen-bond acceptors (Lipinski definition) is 5. The number of halogens is 1. The molecule has 0 bridgehead atoms. The van der Waals surface area contributed by atoms with Crippen molar-refractivity contribution in [3.05, 3.63) is 32.8 Å². The highest BCUT2D eigenvalue weighted by atomic mass is 79.9.